The molecule has 0 amide bonds. The standard InChI is InChI=1S/C18H20BCl2/c1-9-7-11(3)17(20)13(5)15(9)19-16-10(2)8-12(4)18(21)14(16)6/h7-8H,1-6H3. The maximum atomic E-state index is 6.41. The molecule has 2 aromatic rings. The number of benzene rings is 2. The van der Waals surface area contributed by atoms with Crippen LogP contribution in [0.5, 0.6) is 0 Å². The lowest BCUT2D eigenvalue weighted by molar-refractivity contribution is 1.34. The van der Waals surface area contributed by atoms with Crippen molar-refractivity contribution in [1.29, 1.82) is 0 Å². The predicted molar refractivity (Wildman–Crippen MR) is 96.3 cm³/mol. The van der Waals surface area contributed by atoms with Gasteiger partial charge in [-0.05, 0) is 63.8 Å². The molecule has 0 heterocycles. The third-order valence-electron chi connectivity index (χ3n) is 4.16. The smallest absolute Gasteiger partial charge is 0.0838 e. The fourth-order valence-corrected chi connectivity index (χ4v) is 3.25. The highest BCUT2D eigenvalue weighted by atomic mass is 35.5. The number of rotatable bonds is 2. The van der Waals surface area contributed by atoms with Gasteiger partial charge in [-0.3, -0.25) is 0 Å². The Bertz CT molecular complexity index is 657. The Morgan fingerprint density at radius 2 is 0.952 bits per heavy atom. The molecule has 2 aromatic carbocycles. The van der Waals surface area contributed by atoms with Crippen LogP contribution in [-0.4, -0.2) is 7.28 Å². The second-order valence-electron chi connectivity index (χ2n) is 5.87. The van der Waals surface area contributed by atoms with Gasteiger partial charge in [-0.15, -0.1) is 0 Å². The monoisotopic (exact) mass is 317 g/mol. The zero-order chi connectivity index (χ0) is 15.9. The zero-order valence-corrected chi connectivity index (χ0v) is 15.0. The second kappa shape index (κ2) is 6.06. The summed E-state index contributed by atoms with van der Waals surface area (Å²) >= 11 is 12.8. The minimum Gasteiger partial charge on any atom is -0.0838 e. The third-order valence-corrected chi connectivity index (χ3v) is 5.33. The highest BCUT2D eigenvalue weighted by Gasteiger charge is 2.16. The topological polar surface area (TPSA) is 0 Å². The van der Waals surface area contributed by atoms with E-state index >= 15 is 0 Å². The molecule has 0 atom stereocenters. The van der Waals surface area contributed by atoms with Gasteiger partial charge in [0, 0.05) is 10.0 Å². The molecule has 0 saturated carbocycles. The van der Waals surface area contributed by atoms with Gasteiger partial charge in [-0.1, -0.05) is 57.4 Å². The molecule has 0 aliphatic rings. The maximum absolute atomic E-state index is 6.41. The Kier molecular flexibility index (Phi) is 4.75. The second-order valence-corrected chi connectivity index (χ2v) is 6.63. The van der Waals surface area contributed by atoms with Crippen molar-refractivity contribution in [2.24, 2.45) is 0 Å². The number of halogens is 2. The molecular weight excluding hydrogens is 298 g/mol. The molecule has 3 heteroatoms. The van der Waals surface area contributed by atoms with Crippen LogP contribution >= 0.6 is 23.2 Å². The first-order valence-electron chi connectivity index (χ1n) is 7.11. The Morgan fingerprint density at radius 1 is 0.619 bits per heavy atom. The first kappa shape index (κ1) is 16.5. The van der Waals surface area contributed by atoms with Crippen molar-refractivity contribution in [3.8, 4) is 0 Å². The van der Waals surface area contributed by atoms with Gasteiger partial charge < -0.3 is 0 Å². The molecule has 0 unspecified atom stereocenters. The van der Waals surface area contributed by atoms with Gasteiger partial charge in [-0.25, -0.2) is 0 Å². The summed E-state index contributed by atoms with van der Waals surface area (Å²) in [5, 5.41) is 1.70. The molecule has 0 saturated heterocycles. The van der Waals surface area contributed by atoms with Crippen LogP contribution in [0.2, 0.25) is 10.0 Å². The van der Waals surface area contributed by atoms with Gasteiger partial charge in [0.05, 0.1) is 0 Å². The van der Waals surface area contributed by atoms with Crippen molar-refractivity contribution in [3.05, 3.63) is 55.6 Å². The van der Waals surface area contributed by atoms with E-state index in [2.05, 4.69) is 47.1 Å². The Labute approximate surface area is 138 Å². The van der Waals surface area contributed by atoms with Gasteiger partial charge in [0.1, 0.15) is 0 Å². The fraction of sp³-hybridized carbons (Fsp3) is 0.333. The van der Waals surface area contributed by atoms with Crippen LogP contribution in [0.1, 0.15) is 33.4 Å². The molecule has 0 N–H and O–H groups in total. The van der Waals surface area contributed by atoms with Crippen molar-refractivity contribution >= 4 is 41.4 Å². The Morgan fingerprint density at radius 3 is 1.29 bits per heavy atom. The lowest BCUT2D eigenvalue weighted by Crippen LogP contribution is -2.35. The van der Waals surface area contributed by atoms with E-state index in [4.69, 9.17) is 23.2 Å². The Hall–Kier alpha value is -0.915. The summed E-state index contributed by atoms with van der Waals surface area (Å²) in [4.78, 5) is 0. The molecular formula is C18H20BCl2. The molecule has 109 valence electrons. The van der Waals surface area contributed by atoms with E-state index in [1.54, 1.807) is 0 Å². The van der Waals surface area contributed by atoms with E-state index in [0.29, 0.717) is 0 Å². The molecule has 0 aromatic heterocycles. The summed E-state index contributed by atoms with van der Waals surface area (Å²) in [5.74, 6) is 0. The van der Waals surface area contributed by atoms with Crippen LogP contribution in [0.25, 0.3) is 0 Å². The molecule has 0 spiro atoms. The lowest BCUT2D eigenvalue weighted by Gasteiger charge is -2.17. The zero-order valence-electron chi connectivity index (χ0n) is 13.5. The molecule has 0 bridgehead atoms. The molecule has 21 heavy (non-hydrogen) atoms. The average Bonchev–Trinajstić information content (AvgIpc) is 2.42. The Balaban J connectivity index is 2.59. The van der Waals surface area contributed by atoms with Crippen LogP contribution in [0.15, 0.2) is 12.1 Å². The van der Waals surface area contributed by atoms with E-state index in [-0.39, 0.29) is 0 Å². The summed E-state index contributed by atoms with van der Waals surface area (Å²) in [7, 11) is 2.21. The summed E-state index contributed by atoms with van der Waals surface area (Å²) in [6.07, 6.45) is 0. The van der Waals surface area contributed by atoms with E-state index in [1.165, 1.54) is 22.1 Å². The summed E-state index contributed by atoms with van der Waals surface area (Å²) < 4.78 is 0. The molecule has 0 aliphatic heterocycles. The van der Waals surface area contributed by atoms with Gasteiger partial charge >= 0.3 is 0 Å². The van der Waals surface area contributed by atoms with Crippen LogP contribution in [0.3, 0.4) is 0 Å². The van der Waals surface area contributed by atoms with E-state index in [9.17, 15) is 0 Å². The van der Waals surface area contributed by atoms with Crippen molar-refractivity contribution in [2.45, 2.75) is 41.5 Å². The van der Waals surface area contributed by atoms with Crippen molar-refractivity contribution in [2.75, 3.05) is 0 Å². The molecule has 0 aliphatic carbocycles. The third kappa shape index (κ3) is 3.00. The molecule has 0 fully saturated rings. The first-order valence-corrected chi connectivity index (χ1v) is 7.87. The predicted octanol–water partition coefficient (Wildman–Crippen LogP) is 4.50. The molecule has 0 nitrogen and oxygen atoms in total. The van der Waals surface area contributed by atoms with Crippen LogP contribution < -0.4 is 10.9 Å². The largest absolute Gasteiger partial charge is 0.192 e. The molecule has 2 rings (SSSR count). The number of hydrogen-bond acceptors (Lipinski definition) is 0. The van der Waals surface area contributed by atoms with Crippen molar-refractivity contribution in [3.63, 3.8) is 0 Å². The number of aryl methyl sites for hydroxylation is 4. The van der Waals surface area contributed by atoms with E-state index in [1.807, 2.05) is 13.8 Å². The summed E-state index contributed by atoms with van der Waals surface area (Å²) in [6.45, 7) is 12.5. The first-order chi connectivity index (χ1) is 9.73. The normalized spacial score (nSPS) is 10.9. The lowest BCUT2D eigenvalue weighted by atomic mass is 9.58. The quantitative estimate of drug-likeness (QED) is 0.715. The highest BCUT2D eigenvalue weighted by molar-refractivity contribution is 6.69. The minimum absolute atomic E-state index is 0.848. The summed E-state index contributed by atoms with van der Waals surface area (Å²) in [5.41, 5.74) is 9.37. The summed E-state index contributed by atoms with van der Waals surface area (Å²) in [6, 6.07) is 4.28. The maximum Gasteiger partial charge on any atom is 0.192 e. The fourth-order valence-electron chi connectivity index (χ4n) is 2.94. The van der Waals surface area contributed by atoms with E-state index < -0.39 is 0 Å². The van der Waals surface area contributed by atoms with Crippen molar-refractivity contribution < 1.29 is 0 Å². The van der Waals surface area contributed by atoms with Crippen LogP contribution in [-0.2, 0) is 0 Å². The SMILES string of the molecule is Cc1cc(C)c([B]c2c(C)cc(C)c(Cl)c2C)c(C)c1Cl. The van der Waals surface area contributed by atoms with Gasteiger partial charge in [0.15, 0.2) is 7.28 Å². The van der Waals surface area contributed by atoms with Crippen LogP contribution in [0, 0.1) is 41.5 Å². The van der Waals surface area contributed by atoms with Crippen LogP contribution in [0.4, 0.5) is 0 Å². The van der Waals surface area contributed by atoms with Gasteiger partial charge in [0.25, 0.3) is 0 Å². The van der Waals surface area contributed by atoms with E-state index in [0.717, 1.165) is 32.3 Å². The van der Waals surface area contributed by atoms with Gasteiger partial charge in [0.2, 0.25) is 0 Å². The molecule has 1 radical (unpaired) electrons. The van der Waals surface area contributed by atoms with Gasteiger partial charge in [-0.2, -0.15) is 0 Å². The van der Waals surface area contributed by atoms with Crippen molar-refractivity contribution in [1.82, 2.24) is 0 Å². The highest BCUT2D eigenvalue weighted by Crippen LogP contribution is 2.22. The number of hydrogen-bond donors (Lipinski definition) is 0. The minimum atomic E-state index is 0.848. The average molecular weight is 318 g/mol.